The molecule has 9 nitrogen and oxygen atoms in total. The first-order valence-corrected chi connectivity index (χ1v) is 12.3. The minimum absolute atomic E-state index is 0.0162. The van der Waals surface area contributed by atoms with Gasteiger partial charge in [0.25, 0.3) is 5.91 Å². The minimum atomic E-state index is -3.87. The molecular formula is C25H26N2O7S. The second-order valence-electron chi connectivity index (χ2n) is 7.84. The normalized spacial score (nSPS) is 13.2. The number of ether oxygens (including phenoxy) is 4. The fourth-order valence-corrected chi connectivity index (χ4v) is 4.72. The summed E-state index contributed by atoms with van der Waals surface area (Å²) in [6.07, 6.45) is 0. The molecule has 0 unspecified atom stereocenters. The lowest BCUT2D eigenvalue weighted by Crippen LogP contribution is -2.28. The molecule has 0 saturated carbocycles. The first kappa shape index (κ1) is 24.4. The number of hydrogen-bond donors (Lipinski definition) is 2. The third-order valence-corrected chi connectivity index (χ3v) is 6.96. The van der Waals surface area contributed by atoms with E-state index in [-0.39, 0.29) is 23.8 Å². The predicted octanol–water partition coefficient (Wildman–Crippen LogP) is 3.40. The molecule has 0 fully saturated rings. The molecule has 0 bridgehead atoms. The van der Waals surface area contributed by atoms with Crippen LogP contribution in [0, 0.1) is 0 Å². The predicted molar refractivity (Wildman–Crippen MR) is 128 cm³/mol. The lowest BCUT2D eigenvalue weighted by molar-refractivity contribution is 0.0939. The molecule has 1 atom stereocenters. The van der Waals surface area contributed by atoms with E-state index in [2.05, 4.69) is 10.0 Å². The monoisotopic (exact) mass is 498 g/mol. The SMILES string of the molecule is COc1ccc(OC)c([C@@H](C)NC(=O)c2cccc(S(=O)(=O)NCc3ccc4c(c3)OCO4)c2)c1. The van der Waals surface area contributed by atoms with Crippen LogP contribution in [0.4, 0.5) is 0 Å². The minimum Gasteiger partial charge on any atom is -0.497 e. The third-order valence-electron chi connectivity index (χ3n) is 5.56. The summed E-state index contributed by atoms with van der Waals surface area (Å²) in [6.45, 7) is 2.01. The molecule has 3 aromatic rings. The summed E-state index contributed by atoms with van der Waals surface area (Å²) in [4.78, 5) is 12.9. The van der Waals surface area contributed by atoms with Crippen molar-refractivity contribution in [2.75, 3.05) is 21.0 Å². The smallest absolute Gasteiger partial charge is 0.251 e. The molecule has 0 aliphatic carbocycles. The number of carbonyl (C=O) groups is 1. The highest BCUT2D eigenvalue weighted by atomic mass is 32.2. The van der Waals surface area contributed by atoms with Crippen molar-refractivity contribution in [3.8, 4) is 23.0 Å². The molecule has 1 aliphatic heterocycles. The number of hydrogen-bond acceptors (Lipinski definition) is 7. The zero-order valence-corrected chi connectivity index (χ0v) is 20.3. The molecule has 1 amide bonds. The van der Waals surface area contributed by atoms with Crippen LogP contribution in [0.1, 0.15) is 34.5 Å². The van der Waals surface area contributed by atoms with E-state index < -0.39 is 22.0 Å². The highest BCUT2D eigenvalue weighted by Crippen LogP contribution is 2.32. The topological polar surface area (TPSA) is 112 Å². The maximum absolute atomic E-state index is 12.9. The van der Waals surface area contributed by atoms with Crippen LogP contribution < -0.4 is 29.0 Å². The van der Waals surface area contributed by atoms with Crippen LogP contribution >= 0.6 is 0 Å². The van der Waals surface area contributed by atoms with Gasteiger partial charge in [0.2, 0.25) is 16.8 Å². The maximum Gasteiger partial charge on any atom is 0.251 e. The van der Waals surface area contributed by atoms with E-state index >= 15 is 0 Å². The molecule has 35 heavy (non-hydrogen) atoms. The van der Waals surface area contributed by atoms with Crippen LogP contribution in [0.2, 0.25) is 0 Å². The van der Waals surface area contributed by atoms with Crippen LogP contribution in [0.25, 0.3) is 0 Å². The number of fused-ring (bicyclic) bond motifs is 1. The fourth-order valence-electron chi connectivity index (χ4n) is 3.65. The molecular weight excluding hydrogens is 472 g/mol. The second-order valence-corrected chi connectivity index (χ2v) is 9.61. The molecule has 0 aromatic heterocycles. The highest BCUT2D eigenvalue weighted by Gasteiger charge is 2.20. The Morgan fingerprint density at radius 2 is 1.80 bits per heavy atom. The summed E-state index contributed by atoms with van der Waals surface area (Å²) in [5.74, 6) is 2.00. The Kier molecular flexibility index (Phi) is 7.13. The number of amides is 1. The van der Waals surface area contributed by atoms with E-state index in [1.54, 1.807) is 56.7 Å². The Balaban J connectivity index is 1.46. The van der Waals surface area contributed by atoms with Crippen molar-refractivity contribution in [1.29, 1.82) is 0 Å². The van der Waals surface area contributed by atoms with Gasteiger partial charge in [0.05, 0.1) is 25.2 Å². The van der Waals surface area contributed by atoms with Gasteiger partial charge in [-0.2, -0.15) is 0 Å². The molecule has 1 aliphatic rings. The summed E-state index contributed by atoms with van der Waals surface area (Å²) in [5, 5.41) is 2.88. The Hall–Kier alpha value is -3.76. The van der Waals surface area contributed by atoms with Gasteiger partial charge in [-0.05, 0) is 61.0 Å². The number of methoxy groups -OCH3 is 2. The molecule has 0 saturated heterocycles. The van der Waals surface area contributed by atoms with E-state index in [9.17, 15) is 13.2 Å². The third kappa shape index (κ3) is 5.50. The average Bonchev–Trinajstić information content (AvgIpc) is 3.35. The first-order valence-electron chi connectivity index (χ1n) is 10.8. The van der Waals surface area contributed by atoms with E-state index in [0.29, 0.717) is 28.6 Å². The number of rotatable bonds is 9. The van der Waals surface area contributed by atoms with Crippen molar-refractivity contribution in [3.63, 3.8) is 0 Å². The van der Waals surface area contributed by atoms with Gasteiger partial charge < -0.3 is 24.3 Å². The summed E-state index contributed by atoms with van der Waals surface area (Å²) in [7, 11) is -0.764. The Morgan fingerprint density at radius 1 is 1.00 bits per heavy atom. The quantitative estimate of drug-likeness (QED) is 0.465. The summed E-state index contributed by atoms with van der Waals surface area (Å²) in [6, 6.07) is 16.0. The van der Waals surface area contributed by atoms with Gasteiger partial charge in [-0.15, -0.1) is 0 Å². The fraction of sp³-hybridized carbons (Fsp3) is 0.240. The van der Waals surface area contributed by atoms with Crippen LogP contribution in [-0.2, 0) is 16.6 Å². The largest absolute Gasteiger partial charge is 0.497 e. The van der Waals surface area contributed by atoms with Crippen molar-refractivity contribution in [1.82, 2.24) is 10.0 Å². The van der Waals surface area contributed by atoms with Crippen molar-refractivity contribution in [2.24, 2.45) is 0 Å². The molecule has 0 radical (unpaired) electrons. The van der Waals surface area contributed by atoms with Crippen LogP contribution in [-0.4, -0.2) is 35.3 Å². The lowest BCUT2D eigenvalue weighted by atomic mass is 10.1. The Bertz CT molecular complexity index is 1340. The van der Waals surface area contributed by atoms with Gasteiger partial charge in [-0.25, -0.2) is 13.1 Å². The van der Waals surface area contributed by atoms with Gasteiger partial charge in [-0.3, -0.25) is 4.79 Å². The molecule has 184 valence electrons. The van der Waals surface area contributed by atoms with Gasteiger partial charge in [0.15, 0.2) is 11.5 Å². The van der Waals surface area contributed by atoms with Crippen molar-refractivity contribution >= 4 is 15.9 Å². The Labute approximate surface area is 204 Å². The molecule has 4 rings (SSSR count). The average molecular weight is 499 g/mol. The lowest BCUT2D eigenvalue weighted by Gasteiger charge is -2.18. The highest BCUT2D eigenvalue weighted by molar-refractivity contribution is 7.89. The summed E-state index contributed by atoms with van der Waals surface area (Å²) >= 11 is 0. The Morgan fingerprint density at radius 3 is 2.57 bits per heavy atom. The molecule has 0 spiro atoms. The van der Waals surface area contributed by atoms with Crippen LogP contribution in [0.3, 0.4) is 0 Å². The zero-order chi connectivity index (χ0) is 25.0. The van der Waals surface area contributed by atoms with Gasteiger partial charge in [-0.1, -0.05) is 12.1 Å². The van der Waals surface area contributed by atoms with E-state index in [1.807, 2.05) is 6.92 Å². The number of carbonyl (C=O) groups excluding carboxylic acids is 1. The molecule has 10 heteroatoms. The standard InChI is InChI=1S/C25H26N2O7S/c1-16(21-13-19(31-2)8-10-22(21)32-3)27-25(28)18-5-4-6-20(12-18)35(29,30)26-14-17-7-9-23-24(11-17)34-15-33-23/h4-13,16,26H,14-15H2,1-3H3,(H,27,28)/t16-/m1/s1. The second kappa shape index (κ2) is 10.2. The van der Waals surface area contributed by atoms with Crippen molar-refractivity contribution < 1.29 is 32.2 Å². The van der Waals surface area contributed by atoms with E-state index in [4.69, 9.17) is 18.9 Å². The van der Waals surface area contributed by atoms with Gasteiger partial charge in [0, 0.05) is 17.7 Å². The van der Waals surface area contributed by atoms with Gasteiger partial charge in [0.1, 0.15) is 11.5 Å². The molecule has 2 N–H and O–H groups in total. The van der Waals surface area contributed by atoms with E-state index in [0.717, 1.165) is 5.56 Å². The van der Waals surface area contributed by atoms with Crippen LogP contribution in [0.5, 0.6) is 23.0 Å². The zero-order valence-electron chi connectivity index (χ0n) is 19.5. The maximum atomic E-state index is 12.9. The van der Waals surface area contributed by atoms with Crippen LogP contribution in [0.15, 0.2) is 65.6 Å². The number of sulfonamides is 1. The van der Waals surface area contributed by atoms with Crippen molar-refractivity contribution in [2.45, 2.75) is 24.4 Å². The number of benzene rings is 3. The van der Waals surface area contributed by atoms with Gasteiger partial charge >= 0.3 is 0 Å². The number of nitrogens with one attached hydrogen (secondary N) is 2. The summed E-state index contributed by atoms with van der Waals surface area (Å²) in [5.41, 5.74) is 1.66. The molecule has 3 aromatic carbocycles. The molecule has 1 heterocycles. The van der Waals surface area contributed by atoms with Crippen molar-refractivity contribution in [3.05, 3.63) is 77.4 Å². The first-order chi connectivity index (χ1) is 16.8. The summed E-state index contributed by atoms with van der Waals surface area (Å²) < 4.78 is 49.6. The van der Waals surface area contributed by atoms with E-state index in [1.165, 1.54) is 18.2 Å².